The van der Waals surface area contributed by atoms with E-state index in [4.69, 9.17) is 34.8 Å². The van der Waals surface area contributed by atoms with Gasteiger partial charge in [0.15, 0.2) is 17.3 Å². The largest absolute Gasteiger partial charge is 0.298 e. The number of ketones is 3. The molecular weight excluding hydrogens is 407 g/mol. The Bertz CT molecular complexity index is 802. The van der Waals surface area contributed by atoms with Crippen molar-refractivity contribution in [3.63, 3.8) is 0 Å². The summed E-state index contributed by atoms with van der Waals surface area (Å²) in [5.74, 6) is -0.360. The smallest absolute Gasteiger partial charge is 0.163 e. The zero-order chi connectivity index (χ0) is 19.8. The van der Waals surface area contributed by atoms with Crippen LogP contribution in [0.1, 0.15) is 39.5 Å². The SMILES string of the molecule is C[C@]12CC(Cl)[C@@]3(Cl)[C@@H](C=CC4=CC(=O)CC(=O)[C@@]43C)[C@@H]1CC[C@@H]2C(=O)CCl. The van der Waals surface area contributed by atoms with Crippen LogP contribution in [-0.2, 0) is 14.4 Å². The third kappa shape index (κ3) is 2.31. The fourth-order valence-corrected chi connectivity index (χ4v) is 7.85. The molecule has 146 valence electrons. The Hall–Kier alpha value is -0.640. The highest BCUT2D eigenvalue weighted by Gasteiger charge is 2.70. The lowest BCUT2D eigenvalue weighted by atomic mass is 9.47. The Kier molecular flexibility index (Phi) is 4.50. The molecule has 27 heavy (non-hydrogen) atoms. The van der Waals surface area contributed by atoms with Gasteiger partial charge in [-0.3, -0.25) is 14.4 Å². The van der Waals surface area contributed by atoms with Crippen LogP contribution in [0.25, 0.3) is 0 Å². The van der Waals surface area contributed by atoms with Crippen LogP contribution in [0, 0.1) is 28.6 Å². The van der Waals surface area contributed by atoms with Crippen LogP contribution >= 0.6 is 34.8 Å². The van der Waals surface area contributed by atoms with Crippen molar-refractivity contribution in [3.8, 4) is 0 Å². The van der Waals surface area contributed by atoms with Gasteiger partial charge >= 0.3 is 0 Å². The summed E-state index contributed by atoms with van der Waals surface area (Å²) in [5, 5.41) is -0.496. The number of carbonyl (C=O) groups excluding carboxylic acids is 3. The molecule has 0 saturated heterocycles. The number of alkyl halides is 3. The molecule has 4 rings (SSSR count). The fraction of sp³-hybridized carbons (Fsp3) is 0.667. The molecule has 6 heteroatoms. The number of hydrogen-bond donors (Lipinski definition) is 0. The van der Waals surface area contributed by atoms with Crippen LogP contribution in [-0.4, -0.2) is 33.5 Å². The summed E-state index contributed by atoms with van der Waals surface area (Å²) in [6, 6.07) is 0. The monoisotopic (exact) mass is 428 g/mol. The van der Waals surface area contributed by atoms with Crippen LogP contribution in [0.4, 0.5) is 0 Å². The van der Waals surface area contributed by atoms with Gasteiger partial charge in [0.05, 0.1) is 28.0 Å². The van der Waals surface area contributed by atoms with E-state index in [-0.39, 0.29) is 52.8 Å². The lowest BCUT2D eigenvalue weighted by molar-refractivity contribution is -0.136. The zero-order valence-electron chi connectivity index (χ0n) is 15.4. The van der Waals surface area contributed by atoms with E-state index in [1.165, 1.54) is 0 Å². The average Bonchev–Trinajstić information content (AvgIpc) is 2.94. The Morgan fingerprint density at radius 2 is 1.96 bits per heavy atom. The van der Waals surface area contributed by atoms with E-state index in [0.717, 1.165) is 12.8 Å². The maximum Gasteiger partial charge on any atom is 0.163 e. The van der Waals surface area contributed by atoms with Crippen molar-refractivity contribution in [3.05, 3.63) is 23.8 Å². The van der Waals surface area contributed by atoms with E-state index in [1.54, 1.807) is 6.08 Å². The molecule has 1 unspecified atom stereocenters. The van der Waals surface area contributed by atoms with Crippen molar-refractivity contribution in [2.75, 3.05) is 5.88 Å². The molecule has 0 spiro atoms. The van der Waals surface area contributed by atoms with Gasteiger partial charge in [0.25, 0.3) is 0 Å². The minimum atomic E-state index is -1.00. The first kappa shape index (κ1) is 19.7. The van der Waals surface area contributed by atoms with E-state index in [1.807, 2.05) is 19.1 Å². The van der Waals surface area contributed by atoms with Crippen LogP contribution in [0.3, 0.4) is 0 Å². The number of fused-ring (bicyclic) bond motifs is 5. The van der Waals surface area contributed by atoms with Crippen molar-refractivity contribution < 1.29 is 14.4 Å². The molecule has 2 fully saturated rings. The maximum absolute atomic E-state index is 13.0. The van der Waals surface area contributed by atoms with E-state index in [2.05, 4.69) is 6.92 Å². The summed E-state index contributed by atoms with van der Waals surface area (Å²) >= 11 is 20.1. The Morgan fingerprint density at radius 1 is 1.26 bits per heavy atom. The van der Waals surface area contributed by atoms with Crippen LogP contribution < -0.4 is 0 Å². The van der Waals surface area contributed by atoms with E-state index >= 15 is 0 Å². The predicted octanol–water partition coefficient (Wildman–Crippen LogP) is 4.48. The van der Waals surface area contributed by atoms with Gasteiger partial charge in [-0.1, -0.05) is 19.1 Å². The van der Waals surface area contributed by atoms with Gasteiger partial charge in [-0.05, 0) is 49.2 Å². The Labute approximate surface area is 174 Å². The van der Waals surface area contributed by atoms with Gasteiger partial charge in [0, 0.05) is 11.8 Å². The second-order valence-electron chi connectivity index (χ2n) is 8.96. The Morgan fingerprint density at radius 3 is 2.63 bits per heavy atom. The number of hydrogen-bond acceptors (Lipinski definition) is 3. The van der Waals surface area contributed by atoms with E-state index in [9.17, 15) is 14.4 Å². The van der Waals surface area contributed by atoms with E-state index < -0.39 is 15.7 Å². The molecule has 0 radical (unpaired) electrons. The normalized spacial score (nSPS) is 48.6. The number of halogens is 3. The second kappa shape index (κ2) is 6.18. The highest BCUT2D eigenvalue weighted by molar-refractivity contribution is 6.36. The van der Waals surface area contributed by atoms with Gasteiger partial charge < -0.3 is 0 Å². The number of rotatable bonds is 2. The lowest BCUT2D eigenvalue weighted by Gasteiger charge is -2.61. The maximum atomic E-state index is 13.0. The summed E-state index contributed by atoms with van der Waals surface area (Å²) in [6.45, 7) is 3.96. The standard InChI is InChI=1S/C21H23Cl3O3/c1-19-9-17(23)21(24)14(13(19)5-6-15(19)16(26)10-22)4-3-11-7-12(25)8-18(27)20(11,21)2/h3-4,7,13-15,17H,5-6,8-10H2,1-2H3/t13-,14-,15+,17?,19-,20+,21-/m0/s1. The van der Waals surface area contributed by atoms with Crippen LogP contribution in [0.15, 0.2) is 23.8 Å². The molecule has 2 saturated carbocycles. The fourth-order valence-electron chi connectivity index (χ4n) is 6.45. The summed E-state index contributed by atoms with van der Waals surface area (Å²) in [5.41, 5.74) is -0.614. The Balaban J connectivity index is 1.85. The highest BCUT2D eigenvalue weighted by atomic mass is 35.5. The number of carbonyl (C=O) groups is 3. The van der Waals surface area contributed by atoms with Gasteiger partial charge in [-0.25, -0.2) is 0 Å². The molecule has 0 amide bonds. The minimum Gasteiger partial charge on any atom is -0.298 e. The van der Waals surface area contributed by atoms with Crippen molar-refractivity contribution in [1.29, 1.82) is 0 Å². The molecule has 4 aliphatic rings. The summed E-state index contributed by atoms with van der Waals surface area (Å²) in [4.78, 5) is 36.5. The van der Waals surface area contributed by atoms with Gasteiger partial charge in [-0.2, -0.15) is 0 Å². The van der Waals surface area contributed by atoms with Gasteiger partial charge in [-0.15, -0.1) is 34.8 Å². The molecule has 0 aromatic rings. The molecule has 0 bridgehead atoms. The first-order valence-corrected chi connectivity index (χ1v) is 10.8. The molecule has 0 N–H and O–H groups in total. The molecule has 0 aliphatic heterocycles. The van der Waals surface area contributed by atoms with Gasteiger partial charge in [0.2, 0.25) is 0 Å². The van der Waals surface area contributed by atoms with Crippen molar-refractivity contribution in [1.82, 2.24) is 0 Å². The van der Waals surface area contributed by atoms with Crippen LogP contribution in [0.5, 0.6) is 0 Å². The topological polar surface area (TPSA) is 51.2 Å². The first-order chi connectivity index (χ1) is 12.6. The van der Waals surface area contributed by atoms with Crippen molar-refractivity contribution >= 4 is 52.2 Å². The summed E-state index contributed by atoms with van der Waals surface area (Å²) < 4.78 is 0. The molecule has 4 aliphatic carbocycles. The predicted molar refractivity (Wildman–Crippen MR) is 106 cm³/mol. The lowest BCUT2D eigenvalue weighted by Crippen LogP contribution is -2.66. The first-order valence-electron chi connectivity index (χ1n) is 9.49. The molecule has 0 aromatic heterocycles. The third-order valence-corrected chi connectivity index (χ3v) is 9.73. The molecule has 3 nitrogen and oxygen atoms in total. The summed E-state index contributed by atoms with van der Waals surface area (Å²) in [7, 11) is 0. The number of Topliss-reactive ketones (excluding diaryl/α,β-unsaturated/α-hetero) is 2. The zero-order valence-corrected chi connectivity index (χ0v) is 17.7. The molecule has 0 aromatic carbocycles. The third-order valence-electron chi connectivity index (χ3n) is 7.96. The number of allylic oxidation sites excluding steroid dienone is 4. The van der Waals surface area contributed by atoms with E-state index in [0.29, 0.717) is 12.0 Å². The van der Waals surface area contributed by atoms with Gasteiger partial charge in [0.1, 0.15) is 0 Å². The molecule has 0 heterocycles. The minimum absolute atomic E-state index is 0.0116. The quantitative estimate of drug-likeness (QED) is 0.480. The van der Waals surface area contributed by atoms with Crippen molar-refractivity contribution in [2.45, 2.75) is 49.8 Å². The van der Waals surface area contributed by atoms with Crippen LogP contribution in [0.2, 0.25) is 0 Å². The second-order valence-corrected chi connectivity index (χ2v) is 10.4. The average molecular weight is 430 g/mol. The molecular formula is C21H23Cl3O3. The highest BCUT2D eigenvalue weighted by Crippen LogP contribution is 2.69. The summed E-state index contributed by atoms with van der Waals surface area (Å²) in [6.07, 6.45) is 7.52. The van der Waals surface area contributed by atoms with Crippen molar-refractivity contribution in [2.24, 2.45) is 28.6 Å². The molecule has 7 atom stereocenters.